The largest absolute Gasteiger partial charge is 0.465 e. The number of nitrogens with one attached hydrogen (secondary N) is 1. The van der Waals surface area contributed by atoms with Gasteiger partial charge < -0.3 is 10.0 Å². The summed E-state index contributed by atoms with van der Waals surface area (Å²) in [6, 6.07) is 10.1. The molecule has 2 atom stereocenters. The molecule has 6 nitrogen and oxygen atoms in total. The Balaban J connectivity index is 1.73. The number of H-pyrrole nitrogens is 1. The second-order valence-electron chi connectivity index (χ2n) is 7.88. The van der Waals surface area contributed by atoms with E-state index in [1.807, 2.05) is 18.2 Å². The van der Waals surface area contributed by atoms with Crippen LogP contribution in [0, 0.1) is 5.41 Å². The Labute approximate surface area is 148 Å². The van der Waals surface area contributed by atoms with Crippen molar-refractivity contribution in [1.82, 2.24) is 20.1 Å². The topological polar surface area (TPSA) is 82.1 Å². The van der Waals surface area contributed by atoms with Crippen molar-refractivity contribution >= 4 is 6.09 Å². The lowest BCUT2D eigenvalue weighted by Gasteiger charge is -2.44. The first-order valence-corrected chi connectivity index (χ1v) is 8.79. The summed E-state index contributed by atoms with van der Waals surface area (Å²) >= 11 is 0. The SMILES string of the molecule is CC(C)(C)C1CC(c2n[nH]c(Cc3ccccc3)n2)CCN1C(=O)O. The van der Waals surface area contributed by atoms with Gasteiger partial charge in [0.1, 0.15) is 5.82 Å². The average Bonchev–Trinajstić information content (AvgIpc) is 3.03. The highest BCUT2D eigenvalue weighted by Gasteiger charge is 2.40. The monoisotopic (exact) mass is 342 g/mol. The zero-order valence-corrected chi connectivity index (χ0v) is 15.1. The molecule has 0 saturated carbocycles. The first-order valence-electron chi connectivity index (χ1n) is 8.79. The van der Waals surface area contributed by atoms with Gasteiger partial charge in [-0.05, 0) is 23.8 Å². The number of benzene rings is 1. The predicted molar refractivity (Wildman–Crippen MR) is 95.6 cm³/mol. The second kappa shape index (κ2) is 6.86. The van der Waals surface area contributed by atoms with E-state index in [-0.39, 0.29) is 17.4 Å². The van der Waals surface area contributed by atoms with Crippen molar-refractivity contribution in [3.63, 3.8) is 0 Å². The molecule has 2 unspecified atom stereocenters. The molecule has 134 valence electrons. The molecule has 6 heteroatoms. The minimum atomic E-state index is -0.835. The first-order chi connectivity index (χ1) is 11.8. The van der Waals surface area contributed by atoms with Crippen molar-refractivity contribution in [1.29, 1.82) is 0 Å². The summed E-state index contributed by atoms with van der Waals surface area (Å²) in [4.78, 5) is 17.8. The minimum absolute atomic E-state index is 0.0279. The van der Waals surface area contributed by atoms with Crippen LogP contribution in [0.4, 0.5) is 4.79 Å². The zero-order valence-electron chi connectivity index (χ0n) is 15.1. The third-order valence-electron chi connectivity index (χ3n) is 4.98. The number of piperidine rings is 1. The maximum atomic E-state index is 11.6. The Morgan fingerprint density at radius 3 is 2.68 bits per heavy atom. The summed E-state index contributed by atoms with van der Waals surface area (Å²) < 4.78 is 0. The molecule has 2 heterocycles. The fraction of sp³-hybridized carbons (Fsp3) is 0.526. The summed E-state index contributed by atoms with van der Waals surface area (Å²) in [7, 11) is 0. The van der Waals surface area contributed by atoms with Crippen molar-refractivity contribution in [2.75, 3.05) is 6.54 Å². The fourth-order valence-electron chi connectivity index (χ4n) is 3.61. The van der Waals surface area contributed by atoms with E-state index in [1.54, 1.807) is 4.90 Å². The van der Waals surface area contributed by atoms with Crippen molar-refractivity contribution in [2.45, 2.75) is 52.0 Å². The molecule has 1 fully saturated rings. The minimum Gasteiger partial charge on any atom is -0.465 e. The highest BCUT2D eigenvalue weighted by Crippen LogP contribution is 2.38. The molecule has 1 aromatic heterocycles. The lowest BCUT2D eigenvalue weighted by atomic mass is 9.77. The summed E-state index contributed by atoms with van der Waals surface area (Å²) in [6.07, 6.45) is 1.42. The third-order valence-corrected chi connectivity index (χ3v) is 4.98. The van der Waals surface area contributed by atoms with E-state index < -0.39 is 6.09 Å². The van der Waals surface area contributed by atoms with Crippen LogP contribution in [-0.4, -0.2) is 43.9 Å². The van der Waals surface area contributed by atoms with Gasteiger partial charge in [-0.2, -0.15) is 5.10 Å². The Bertz CT molecular complexity index is 721. The smallest absolute Gasteiger partial charge is 0.407 e. The molecule has 0 aliphatic carbocycles. The van der Waals surface area contributed by atoms with E-state index in [1.165, 1.54) is 5.56 Å². The fourth-order valence-corrected chi connectivity index (χ4v) is 3.61. The van der Waals surface area contributed by atoms with E-state index in [0.717, 1.165) is 30.9 Å². The molecule has 2 N–H and O–H groups in total. The molecular formula is C19H26N4O2. The standard InChI is InChI=1S/C19H26N4O2/c1-19(2,3)15-12-14(9-10-23(15)18(24)25)17-20-16(21-22-17)11-13-7-5-4-6-8-13/h4-8,14-15H,9-12H2,1-3H3,(H,24,25)(H,20,21,22). The number of likely N-dealkylation sites (tertiary alicyclic amines) is 1. The quantitative estimate of drug-likeness (QED) is 0.891. The highest BCUT2D eigenvalue weighted by molar-refractivity contribution is 5.65. The van der Waals surface area contributed by atoms with Crippen LogP contribution in [0.15, 0.2) is 30.3 Å². The molecule has 0 radical (unpaired) electrons. The number of nitrogens with zero attached hydrogens (tertiary/aromatic N) is 3. The molecule has 2 aromatic rings. The van der Waals surface area contributed by atoms with Crippen molar-refractivity contribution in [2.24, 2.45) is 5.41 Å². The van der Waals surface area contributed by atoms with Gasteiger partial charge in [-0.1, -0.05) is 51.1 Å². The molecule has 1 aromatic carbocycles. The molecule has 0 bridgehead atoms. The van der Waals surface area contributed by atoms with Gasteiger partial charge in [-0.3, -0.25) is 5.10 Å². The van der Waals surface area contributed by atoms with Crippen molar-refractivity contribution in [3.05, 3.63) is 47.5 Å². The number of hydrogen-bond acceptors (Lipinski definition) is 3. The van der Waals surface area contributed by atoms with Gasteiger partial charge in [0.05, 0.1) is 0 Å². The lowest BCUT2D eigenvalue weighted by molar-refractivity contribution is 0.0516. The highest BCUT2D eigenvalue weighted by atomic mass is 16.4. The molecule has 1 aliphatic heterocycles. The molecule has 25 heavy (non-hydrogen) atoms. The van der Waals surface area contributed by atoms with E-state index in [0.29, 0.717) is 6.54 Å². The molecule has 1 saturated heterocycles. The zero-order chi connectivity index (χ0) is 18.0. The number of amides is 1. The van der Waals surface area contributed by atoms with Gasteiger partial charge in [0, 0.05) is 24.9 Å². The number of hydrogen-bond donors (Lipinski definition) is 2. The number of aromatic nitrogens is 3. The summed E-state index contributed by atoms with van der Waals surface area (Å²) in [5.74, 6) is 1.86. The second-order valence-corrected chi connectivity index (χ2v) is 7.88. The molecular weight excluding hydrogens is 316 g/mol. The van der Waals surface area contributed by atoms with Gasteiger partial charge in [-0.25, -0.2) is 9.78 Å². The van der Waals surface area contributed by atoms with E-state index in [4.69, 9.17) is 0 Å². The van der Waals surface area contributed by atoms with Crippen LogP contribution in [0.25, 0.3) is 0 Å². The van der Waals surface area contributed by atoms with E-state index >= 15 is 0 Å². The van der Waals surface area contributed by atoms with Crippen LogP contribution in [0.5, 0.6) is 0 Å². The van der Waals surface area contributed by atoms with Gasteiger partial charge >= 0.3 is 6.09 Å². The van der Waals surface area contributed by atoms with Crippen LogP contribution in [0.1, 0.15) is 56.7 Å². The number of rotatable bonds is 3. The third kappa shape index (κ3) is 4.00. The summed E-state index contributed by atoms with van der Waals surface area (Å²) in [5, 5.41) is 17.0. The van der Waals surface area contributed by atoms with Gasteiger partial charge in [0.15, 0.2) is 5.82 Å². The van der Waals surface area contributed by atoms with Crippen LogP contribution >= 0.6 is 0 Å². The first kappa shape index (κ1) is 17.5. The van der Waals surface area contributed by atoms with Crippen molar-refractivity contribution < 1.29 is 9.90 Å². The molecule has 3 rings (SSSR count). The predicted octanol–water partition coefficient (Wildman–Crippen LogP) is 3.67. The van der Waals surface area contributed by atoms with Gasteiger partial charge in [0.2, 0.25) is 0 Å². The van der Waals surface area contributed by atoms with E-state index in [2.05, 4.69) is 48.1 Å². The van der Waals surface area contributed by atoms with E-state index in [9.17, 15) is 9.90 Å². The Morgan fingerprint density at radius 1 is 1.32 bits per heavy atom. The average molecular weight is 342 g/mol. The van der Waals surface area contributed by atoms with Crippen molar-refractivity contribution in [3.8, 4) is 0 Å². The molecule has 1 aliphatic rings. The van der Waals surface area contributed by atoms with Crippen LogP contribution in [-0.2, 0) is 6.42 Å². The normalized spacial score (nSPS) is 21.3. The van der Waals surface area contributed by atoms with Crippen LogP contribution in [0.2, 0.25) is 0 Å². The summed E-state index contributed by atoms with van der Waals surface area (Å²) in [5.41, 5.74) is 1.08. The molecule has 1 amide bonds. The summed E-state index contributed by atoms with van der Waals surface area (Å²) in [6.45, 7) is 6.81. The van der Waals surface area contributed by atoms with Crippen LogP contribution < -0.4 is 0 Å². The Kier molecular flexibility index (Phi) is 4.79. The maximum absolute atomic E-state index is 11.6. The maximum Gasteiger partial charge on any atom is 0.407 e. The Hall–Kier alpha value is -2.37. The number of carbonyl (C=O) groups is 1. The van der Waals surface area contributed by atoms with Gasteiger partial charge in [0.25, 0.3) is 0 Å². The van der Waals surface area contributed by atoms with Gasteiger partial charge in [-0.15, -0.1) is 0 Å². The number of carboxylic acid groups (broad SMARTS) is 1. The molecule has 0 spiro atoms. The lowest BCUT2D eigenvalue weighted by Crippen LogP contribution is -2.51. The number of aromatic amines is 1. The Morgan fingerprint density at radius 2 is 2.04 bits per heavy atom. The van der Waals surface area contributed by atoms with Crippen LogP contribution in [0.3, 0.4) is 0 Å².